The molecule has 1 saturated heterocycles. The summed E-state index contributed by atoms with van der Waals surface area (Å²) >= 11 is 0. The maximum atomic E-state index is 13.5. The van der Waals surface area contributed by atoms with Crippen LogP contribution in [0.25, 0.3) is 0 Å². The second-order valence-corrected chi connectivity index (χ2v) is 11.0. The van der Waals surface area contributed by atoms with E-state index in [1.807, 2.05) is 30.3 Å². The molecule has 1 amide bonds. The number of fused-ring (bicyclic) bond motifs is 1. The zero-order chi connectivity index (χ0) is 24.5. The van der Waals surface area contributed by atoms with E-state index < -0.39 is 5.60 Å². The largest absolute Gasteiger partial charge is 0.375 e. The number of hydrogen-bond donors (Lipinski definition) is 2. The van der Waals surface area contributed by atoms with Gasteiger partial charge in [-0.15, -0.1) is 0 Å². The summed E-state index contributed by atoms with van der Waals surface area (Å²) in [6.45, 7) is 2.75. The summed E-state index contributed by atoms with van der Waals surface area (Å²) in [5.41, 5.74) is 1.96. The summed E-state index contributed by atoms with van der Waals surface area (Å²) < 4.78 is 0. The number of rotatable bonds is 8. The average Bonchev–Trinajstić information content (AvgIpc) is 3.31. The highest BCUT2D eigenvalue weighted by molar-refractivity contribution is 5.86. The van der Waals surface area contributed by atoms with Gasteiger partial charge < -0.3 is 10.4 Å². The summed E-state index contributed by atoms with van der Waals surface area (Å²) in [7, 11) is 0. The molecule has 0 bridgehead atoms. The van der Waals surface area contributed by atoms with Crippen LogP contribution in [0.3, 0.4) is 0 Å². The minimum Gasteiger partial charge on any atom is -0.375 e. The third-order valence-corrected chi connectivity index (χ3v) is 9.00. The first kappa shape index (κ1) is 23.4. The van der Waals surface area contributed by atoms with E-state index in [1.165, 1.54) is 11.1 Å². The molecule has 3 atom stereocenters. The number of aliphatic hydroxyl groups is 1. The van der Waals surface area contributed by atoms with Crippen molar-refractivity contribution in [3.63, 3.8) is 0 Å². The first-order valence-electron chi connectivity index (χ1n) is 13.6. The van der Waals surface area contributed by atoms with Gasteiger partial charge >= 0.3 is 0 Å². The Bertz CT molecular complexity index is 1110. The second kappa shape index (κ2) is 9.84. The van der Waals surface area contributed by atoms with Crippen molar-refractivity contribution < 1.29 is 9.90 Å². The zero-order valence-electron chi connectivity index (χ0n) is 20.8. The lowest BCUT2D eigenvalue weighted by Gasteiger charge is -2.33. The van der Waals surface area contributed by atoms with Crippen LogP contribution in [0.15, 0.2) is 91.0 Å². The first-order valence-corrected chi connectivity index (χ1v) is 13.6. The average molecular weight is 481 g/mol. The van der Waals surface area contributed by atoms with Crippen LogP contribution < -0.4 is 5.32 Å². The molecule has 2 saturated carbocycles. The maximum absolute atomic E-state index is 13.5. The zero-order valence-corrected chi connectivity index (χ0v) is 20.8. The first-order chi connectivity index (χ1) is 17.7. The Morgan fingerprint density at radius 3 is 1.86 bits per heavy atom. The van der Waals surface area contributed by atoms with Gasteiger partial charge in [-0.1, -0.05) is 104 Å². The van der Waals surface area contributed by atoms with Crippen LogP contribution in [0.4, 0.5) is 0 Å². The standard InChI is InChI=1S/C32H36N2O2/c35-31(32(36,26-18-10-11-19-26)25-16-8-3-9-17-25)33-20-27-28-21-34(22-29(27)28)30(23-12-4-1-5-13-23)24-14-6-2-7-15-24/h1-9,12-17,26-30,36H,10-11,18-22H2,(H,33,35)/t27?,28?,29?,32-/m1/s1. The van der Waals surface area contributed by atoms with E-state index in [0.29, 0.717) is 24.3 Å². The Morgan fingerprint density at radius 1 is 0.833 bits per heavy atom. The van der Waals surface area contributed by atoms with Gasteiger partial charge in [-0.25, -0.2) is 0 Å². The van der Waals surface area contributed by atoms with Crippen molar-refractivity contribution >= 4 is 5.91 Å². The lowest BCUT2D eigenvalue weighted by molar-refractivity contribution is -0.147. The fourth-order valence-electron chi connectivity index (χ4n) is 7.01. The highest BCUT2D eigenvalue weighted by atomic mass is 16.3. The number of likely N-dealkylation sites (tertiary alicyclic amines) is 1. The van der Waals surface area contributed by atoms with Crippen LogP contribution in [-0.2, 0) is 10.4 Å². The molecule has 3 aromatic rings. The normalized spacial score (nSPS) is 25.4. The van der Waals surface area contributed by atoms with E-state index in [0.717, 1.165) is 44.3 Å². The number of carbonyl (C=O) groups excluding carboxylic acids is 1. The van der Waals surface area contributed by atoms with Crippen molar-refractivity contribution in [1.29, 1.82) is 0 Å². The van der Waals surface area contributed by atoms with Gasteiger partial charge in [0.15, 0.2) is 5.60 Å². The summed E-state index contributed by atoms with van der Waals surface area (Å²) in [5.74, 6) is 1.49. The molecule has 2 aliphatic carbocycles. The molecule has 0 aromatic heterocycles. The van der Waals surface area contributed by atoms with Gasteiger partial charge in [0, 0.05) is 25.6 Å². The van der Waals surface area contributed by atoms with Crippen molar-refractivity contribution in [2.75, 3.05) is 19.6 Å². The van der Waals surface area contributed by atoms with Gasteiger partial charge in [-0.3, -0.25) is 9.69 Å². The van der Waals surface area contributed by atoms with Crippen LogP contribution in [0, 0.1) is 23.7 Å². The van der Waals surface area contributed by atoms with E-state index in [2.05, 4.69) is 70.9 Å². The molecule has 4 nitrogen and oxygen atoms in total. The third-order valence-electron chi connectivity index (χ3n) is 9.00. The van der Waals surface area contributed by atoms with Gasteiger partial charge in [0.2, 0.25) is 0 Å². The lowest BCUT2D eigenvalue weighted by atomic mass is 9.79. The third kappa shape index (κ3) is 4.27. The van der Waals surface area contributed by atoms with Crippen molar-refractivity contribution in [1.82, 2.24) is 10.2 Å². The maximum Gasteiger partial charge on any atom is 0.256 e. The van der Waals surface area contributed by atoms with E-state index in [4.69, 9.17) is 0 Å². The van der Waals surface area contributed by atoms with E-state index >= 15 is 0 Å². The molecule has 2 N–H and O–H groups in total. The number of amides is 1. The molecule has 36 heavy (non-hydrogen) atoms. The van der Waals surface area contributed by atoms with E-state index in [1.54, 1.807) is 0 Å². The Labute approximate surface area is 214 Å². The summed E-state index contributed by atoms with van der Waals surface area (Å²) in [5, 5.41) is 14.9. The highest BCUT2D eigenvalue weighted by Gasteiger charge is 2.57. The monoisotopic (exact) mass is 480 g/mol. The molecule has 3 aromatic carbocycles. The molecule has 1 heterocycles. The minimum absolute atomic E-state index is 0.00778. The van der Waals surface area contributed by atoms with Gasteiger partial charge in [0.25, 0.3) is 5.91 Å². The molecular weight excluding hydrogens is 444 g/mol. The summed E-state index contributed by atoms with van der Waals surface area (Å²) in [6.07, 6.45) is 3.98. The number of hydrogen-bond acceptors (Lipinski definition) is 3. The van der Waals surface area contributed by atoms with Crippen molar-refractivity contribution in [3.8, 4) is 0 Å². The Kier molecular flexibility index (Phi) is 6.41. The molecular formula is C32H36N2O2. The molecule has 6 rings (SSSR count). The van der Waals surface area contributed by atoms with Gasteiger partial charge in [0.1, 0.15) is 0 Å². The highest BCUT2D eigenvalue weighted by Crippen LogP contribution is 2.54. The molecule has 0 spiro atoms. The van der Waals surface area contributed by atoms with Crippen molar-refractivity contribution in [3.05, 3.63) is 108 Å². The molecule has 3 aliphatic rings. The molecule has 186 valence electrons. The van der Waals surface area contributed by atoms with Gasteiger partial charge in [0.05, 0.1) is 6.04 Å². The molecule has 1 aliphatic heterocycles. The van der Waals surface area contributed by atoms with Crippen LogP contribution in [0.5, 0.6) is 0 Å². The Morgan fingerprint density at radius 2 is 1.33 bits per heavy atom. The van der Waals surface area contributed by atoms with Crippen molar-refractivity contribution in [2.24, 2.45) is 23.7 Å². The molecule has 2 unspecified atom stereocenters. The van der Waals surface area contributed by atoms with Crippen LogP contribution in [0.2, 0.25) is 0 Å². The summed E-state index contributed by atoms with van der Waals surface area (Å²) in [6, 6.07) is 31.4. The van der Waals surface area contributed by atoms with Crippen LogP contribution >= 0.6 is 0 Å². The number of benzene rings is 3. The Hall–Kier alpha value is -2.95. The fraction of sp³-hybridized carbons (Fsp3) is 0.406. The summed E-state index contributed by atoms with van der Waals surface area (Å²) in [4.78, 5) is 16.1. The number of nitrogens with one attached hydrogen (secondary N) is 1. The van der Waals surface area contributed by atoms with E-state index in [9.17, 15) is 9.90 Å². The minimum atomic E-state index is -1.43. The SMILES string of the molecule is O=C(NCC1C2CN(C(c3ccccc3)c3ccccc3)CC12)[C@@](O)(c1ccccc1)C1CCCC1. The van der Waals surface area contributed by atoms with Gasteiger partial charge in [-0.2, -0.15) is 0 Å². The molecule has 3 fully saturated rings. The predicted octanol–water partition coefficient (Wildman–Crippen LogP) is 5.15. The van der Waals surface area contributed by atoms with Gasteiger partial charge in [-0.05, 0) is 47.3 Å². The van der Waals surface area contributed by atoms with E-state index in [-0.39, 0.29) is 17.9 Å². The lowest BCUT2D eigenvalue weighted by Crippen LogP contribution is -2.49. The van der Waals surface area contributed by atoms with Crippen LogP contribution in [0.1, 0.15) is 48.4 Å². The predicted molar refractivity (Wildman–Crippen MR) is 142 cm³/mol. The quantitative estimate of drug-likeness (QED) is 0.469. The molecule has 4 heteroatoms. The molecule has 0 radical (unpaired) electrons. The Balaban J connectivity index is 1.12. The number of nitrogens with zero attached hydrogens (tertiary/aromatic N) is 1. The number of carbonyl (C=O) groups is 1. The smallest absolute Gasteiger partial charge is 0.256 e. The van der Waals surface area contributed by atoms with Crippen LogP contribution in [-0.4, -0.2) is 35.5 Å². The topological polar surface area (TPSA) is 52.6 Å². The number of piperidine rings is 1. The second-order valence-electron chi connectivity index (χ2n) is 11.0. The van der Waals surface area contributed by atoms with Crippen molar-refractivity contribution in [2.45, 2.75) is 37.3 Å². The fourth-order valence-corrected chi connectivity index (χ4v) is 7.01.